The Kier molecular flexibility index (Phi) is 7.18. The van der Waals surface area contributed by atoms with E-state index in [0.717, 1.165) is 23.9 Å². The van der Waals surface area contributed by atoms with Crippen molar-refractivity contribution in [2.45, 2.75) is 10.1 Å². The fourth-order valence-corrected chi connectivity index (χ4v) is 1.99. The first-order valence-corrected chi connectivity index (χ1v) is 7.19. The number of rotatable bonds is 4. The van der Waals surface area contributed by atoms with Crippen LogP contribution in [0.3, 0.4) is 0 Å². The highest BCUT2D eigenvalue weighted by molar-refractivity contribution is 7.97. The second-order valence-electron chi connectivity index (χ2n) is 3.41. The summed E-state index contributed by atoms with van der Waals surface area (Å²) < 4.78 is 0. The van der Waals surface area contributed by atoms with Gasteiger partial charge in [0.15, 0.2) is 10.1 Å². The van der Waals surface area contributed by atoms with Crippen LogP contribution in [-0.4, -0.2) is 19.8 Å². The molecule has 2 heterocycles. The molecule has 0 aromatic carbocycles. The van der Waals surface area contributed by atoms with Crippen molar-refractivity contribution in [3.63, 3.8) is 0 Å². The van der Waals surface area contributed by atoms with Crippen LogP contribution >= 0.6 is 23.9 Å². The maximum Gasteiger partial charge on any atom is 0.302 e. The van der Waals surface area contributed by atoms with E-state index in [1.54, 1.807) is 0 Å². The normalized spacial score (nSPS) is 9.55. The highest BCUT2D eigenvalue weighted by Gasteiger charge is 2.13. The standard InChI is InChI=1S/2C5H5N3O2S/c2*6-11-5-4(8(9)10)2-1-3-7-5/h2*1-3H,6H2. The fourth-order valence-electron chi connectivity index (χ4n) is 1.22. The summed E-state index contributed by atoms with van der Waals surface area (Å²) in [4.78, 5) is 27.0. The van der Waals surface area contributed by atoms with E-state index in [9.17, 15) is 20.2 Å². The summed E-state index contributed by atoms with van der Waals surface area (Å²) >= 11 is 1.54. The minimum Gasteiger partial charge on any atom is -0.272 e. The van der Waals surface area contributed by atoms with E-state index in [-0.39, 0.29) is 21.4 Å². The van der Waals surface area contributed by atoms with Crippen molar-refractivity contribution in [2.24, 2.45) is 10.3 Å². The third-order valence-corrected chi connectivity index (χ3v) is 3.19. The summed E-state index contributed by atoms with van der Waals surface area (Å²) in [6.07, 6.45) is 2.92. The molecule has 0 atom stereocenters. The van der Waals surface area contributed by atoms with Crippen LogP contribution in [0, 0.1) is 20.2 Å². The zero-order valence-electron chi connectivity index (χ0n) is 10.9. The summed E-state index contributed by atoms with van der Waals surface area (Å²) in [5, 5.41) is 31.3. The molecule has 2 aromatic heterocycles. The first kappa shape index (κ1) is 17.8. The molecule has 0 spiro atoms. The van der Waals surface area contributed by atoms with Crippen molar-refractivity contribution in [3.8, 4) is 0 Å². The number of nitrogens with two attached hydrogens (primary N) is 2. The SMILES string of the molecule is NSc1ncccc1[N+](=O)[O-].NSc1ncccc1[N+](=O)[O-]. The largest absolute Gasteiger partial charge is 0.302 e. The van der Waals surface area contributed by atoms with Gasteiger partial charge in [-0.2, -0.15) is 0 Å². The highest BCUT2D eigenvalue weighted by Crippen LogP contribution is 2.22. The molecule has 0 amide bonds. The molecular formula is C10H10N6O4S2. The lowest BCUT2D eigenvalue weighted by molar-refractivity contribution is -0.388. The van der Waals surface area contributed by atoms with Gasteiger partial charge in [-0.15, -0.1) is 0 Å². The Bertz CT molecular complexity index is 614. The summed E-state index contributed by atoms with van der Waals surface area (Å²) in [6.45, 7) is 0. The van der Waals surface area contributed by atoms with Gasteiger partial charge in [0.1, 0.15) is 0 Å². The lowest BCUT2D eigenvalue weighted by Gasteiger charge is -1.94. The smallest absolute Gasteiger partial charge is 0.272 e. The first-order chi connectivity index (χ1) is 10.5. The Labute approximate surface area is 132 Å². The minimum absolute atomic E-state index is 0.0556. The average molecular weight is 342 g/mol. The molecule has 0 aliphatic rings. The van der Waals surface area contributed by atoms with Gasteiger partial charge in [0.25, 0.3) is 0 Å². The Morgan fingerprint density at radius 2 is 1.23 bits per heavy atom. The Morgan fingerprint density at radius 3 is 1.45 bits per heavy atom. The van der Waals surface area contributed by atoms with Gasteiger partial charge in [0, 0.05) is 24.5 Å². The molecule has 0 saturated carbocycles. The summed E-state index contributed by atoms with van der Waals surface area (Å²) in [6, 6.07) is 5.72. The quantitative estimate of drug-likeness (QED) is 0.476. The lowest BCUT2D eigenvalue weighted by atomic mass is 10.4. The van der Waals surface area contributed by atoms with Crippen LogP contribution < -0.4 is 10.3 Å². The fraction of sp³-hybridized carbons (Fsp3) is 0. The van der Waals surface area contributed by atoms with Gasteiger partial charge < -0.3 is 0 Å². The average Bonchev–Trinajstić information content (AvgIpc) is 2.55. The molecule has 0 radical (unpaired) electrons. The van der Waals surface area contributed by atoms with Gasteiger partial charge in [0.05, 0.1) is 9.85 Å². The highest BCUT2D eigenvalue weighted by atomic mass is 32.2. The lowest BCUT2D eigenvalue weighted by Crippen LogP contribution is -1.94. The van der Waals surface area contributed by atoms with E-state index in [2.05, 4.69) is 9.97 Å². The predicted molar refractivity (Wildman–Crippen MR) is 81.9 cm³/mol. The number of hydrogen-bond donors (Lipinski definition) is 2. The maximum atomic E-state index is 10.3. The third-order valence-electron chi connectivity index (χ3n) is 2.12. The molecule has 0 saturated heterocycles. The topological polar surface area (TPSA) is 164 Å². The molecule has 0 unspecified atom stereocenters. The van der Waals surface area contributed by atoms with Crippen molar-refractivity contribution >= 4 is 35.3 Å². The zero-order chi connectivity index (χ0) is 16.5. The van der Waals surface area contributed by atoms with Crippen LogP contribution in [0.2, 0.25) is 0 Å². The van der Waals surface area contributed by atoms with Gasteiger partial charge >= 0.3 is 11.4 Å². The van der Waals surface area contributed by atoms with E-state index in [0.29, 0.717) is 0 Å². The summed E-state index contributed by atoms with van der Waals surface area (Å²) in [7, 11) is 0. The van der Waals surface area contributed by atoms with E-state index in [1.165, 1.54) is 36.7 Å². The Hall–Kier alpha value is -2.28. The Balaban J connectivity index is 0.000000220. The number of pyridine rings is 2. The molecule has 0 aliphatic carbocycles. The predicted octanol–water partition coefficient (Wildman–Crippen LogP) is 1.91. The molecule has 0 fully saturated rings. The molecule has 0 bridgehead atoms. The first-order valence-electron chi connectivity index (χ1n) is 5.43. The van der Waals surface area contributed by atoms with E-state index < -0.39 is 9.85 Å². The van der Waals surface area contributed by atoms with Crippen molar-refractivity contribution < 1.29 is 9.85 Å². The van der Waals surface area contributed by atoms with Crippen LogP contribution in [0.25, 0.3) is 0 Å². The monoisotopic (exact) mass is 342 g/mol. The van der Waals surface area contributed by atoms with Crippen LogP contribution in [0.1, 0.15) is 0 Å². The molecule has 22 heavy (non-hydrogen) atoms. The number of aromatic nitrogens is 2. The molecule has 12 heteroatoms. The van der Waals surface area contributed by atoms with Gasteiger partial charge in [-0.05, 0) is 36.0 Å². The molecule has 116 valence electrons. The Morgan fingerprint density at radius 1 is 0.864 bits per heavy atom. The maximum absolute atomic E-state index is 10.3. The third kappa shape index (κ3) is 4.92. The second-order valence-corrected chi connectivity index (χ2v) is 4.65. The molecule has 4 N–H and O–H groups in total. The summed E-state index contributed by atoms with van der Waals surface area (Å²) in [5.74, 6) is 0. The van der Waals surface area contributed by atoms with Crippen LogP contribution in [0.15, 0.2) is 46.7 Å². The minimum atomic E-state index is -0.512. The van der Waals surface area contributed by atoms with E-state index >= 15 is 0 Å². The van der Waals surface area contributed by atoms with E-state index in [4.69, 9.17) is 10.3 Å². The zero-order valence-corrected chi connectivity index (χ0v) is 12.5. The van der Waals surface area contributed by atoms with Crippen molar-refractivity contribution in [3.05, 3.63) is 56.9 Å². The number of hydrogen-bond acceptors (Lipinski definition) is 10. The summed E-state index contributed by atoms with van der Waals surface area (Å²) in [5.41, 5.74) is -0.111. The number of nitro groups is 2. The molecule has 2 aromatic rings. The van der Waals surface area contributed by atoms with Crippen LogP contribution in [-0.2, 0) is 0 Å². The van der Waals surface area contributed by atoms with Gasteiger partial charge in [-0.25, -0.2) is 9.97 Å². The molecule has 2 rings (SSSR count). The van der Waals surface area contributed by atoms with Crippen molar-refractivity contribution in [1.82, 2.24) is 9.97 Å². The van der Waals surface area contributed by atoms with Gasteiger partial charge in [0.2, 0.25) is 0 Å². The van der Waals surface area contributed by atoms with E-state index in [1.807, 2.05) is 0 Å². The number of nitrogens with zero attached hydrogens (tertiary/aromatic N) is 4. The molecule has 0 aliphatic heterocycles. The van der Waals surface area contributed by atoms with Crippen molar-refractivity contribution in [2.75, 3.05) is 0 Å². The van der Waals surface area contributed by atoms with Crippen LogP contribution in [0.5, 0.6) is 0 Å². The van der Waals surface area contributed by atoms with Crippen LogP contribution in [0.4, 0.5) is 11.4 Å². The van der Waals surface area contributed by atoms with Crippen molar-refractivity contribution in [1.29, 1.82) is 0 Å². The van der Waals surface area contributed by atoms with Gasteiger partial charge in [-0.3, -0.25) is 30.5 Å². The molecular weight excluding hydrogens is 332 g/mol. The second kappa shape index (κ2) is 8.89. The molecule has 10 nitrogen and oxygen atoms in total. The van der Waals surface area contributed by atoms with Gasteiger partial charge in [-0.1, -0.05) is 0 Å².